The molecule has 0 saturated heterocycles. The Morgan fingerprint density at radius 2 is 2.21 bits per heavy atom. The first kappa shape index (κ1) is 10.9. The molecule has 0 amide bonds. The van der Waals surface area contributed by atoms with E-state index in [1.807, 2.05) is 0 Å². The smallest absolute Gasteiger partial charge is 0.274 e. The summed E-state index contributed by atoms with van der Waals surface area (Å²) in [5, 5.41) is 11.0. The monoisotopic (exact) mass is 215 g/mol. The lowest BCUT2D eigenvalue weighted by Crippen LogP contribution is -2.21. The van der Waals surface area contributed by atoms with E-state index in [1.165, 1.54) is 18.2 Å². The van der Waals surface area contributed by atoms with Gasteiger partial charge in [-0.25, -0.2) is 0 Å². The summed E-state index contributed by atoms with van der Waals surface area (Å²) < 4.78 is 0. The Balaban J connectivity index is 3.22. The van der Waals surface area contributed by atoms with Crippen LogP contribution in [0.2, 0.25) is 5.02 Å². The molecule has 0 aromatic heterocycles. The number of nitrogens with two attached hydrogens (primary N) is 2. The Morgan fingerprint density at radius 1 is 1.57 bits per heavy atom. The number of nitro groups is 1. The molecule has 76 valence electrons. The number of nitrogens with zero attached hydrogens (tertiary/aromatic N) is 1. The fraction of sp³-hybridized carbons (Fsp3) is 0.250. The molecule has 1 rings (SSSR count). The molecule has 1 aromatic carbocycles. The third-order valence-electron chi connectivity index (χ3n) is 1.84. The second-order valence-corrected chi connectivity index (χ2v) is 3.24. The molecule has 0 radical (unpaired) electrons. The summed E-state index contributed by atoms with van der Waals surface area (Å²) in [5.74, 6) is 0. The zero-order chi connectivity index (χ0) is 10.7. The maximum atomic E-state index is 10.6. The highest BCUT2D eigenvalue weighted by atomic mass is 35.5. The number of nitro benzene ring substituents is 1. The minimum atomic E-state index is -0.561. The molecule has 0 spiro atoms. The van der Waals surface area contributed by atoms with E-state index in [0.717, 1.165) is 0 Å². The van der Waals surface area contributed by atoms with Crippen molar-refractivity contribution < 1.29 is 4.92 Å². The molecule has 0 fully saturated rings. The van der Waals surface area contributed by atoms with Crippen LogP contribution >= 0.6 is 11.6 Å². The van der Waals surface area contributed by atoms with Gasteiger partial charge in [-0.1, -0.05) is 11.6 Å². The molecule has 4 N–H and O–H groups in total. The van der Waals surface area contributed by atoms with Crippen LogP contribution in [0.1, 0.15) is 11.6 Å². The van der Waals surface area contributed by atoms with Crippen LogP contribution in [0, 0.1) is 10.1 Å². The molecular weight excluding hydrogens is 206 g/mol. The van der Waals surface area contributed by atoms with Crippen LogP contribution in [0.5, 0.6) is 0 Å². The molecule has 0 saturated carbocycles. The van der Waals surface area contributed by atoms with Gasteiger partial charge in [-0.2, -0.15) is 0 Å². The van der Waals surface area contributed by atoms with E-state index in [4.69, 9.17) is 23.1 Å². The first-order valence-corrected chi connectivity index (χ1v) is 4.33. The number of hydrogen-bond acceptors (Lipinski definition) is 4. The Hall–Kier alpha value is -1.17. The average Bonchev–Trinajstić information content (AvgIpc) is 2.16. The Kier molecular flexibility index (Phi) is 3.40. The van der Waals surface area contributed by atoms with Crippen LogP contribution in [-0.4, -0.2) is 11.5 Å². The summed E-state index contributed by atoms with van der Waals surface area (Å²) >= 11 is 5.70. The van der Waals surface area contributed by atoms with E-state index in [1.54, 1.807) is 0 Å². The summed E-state index contributed by atoms with van der Waals surface area (Å²) in [7, 11) is 0. The Labute approximate surface area is 85.8 Å². The number of hydrogen-bond donors (Lipinski definition) is 2. The van der Waals surface area contributed by atoms with Gasteiger partial charge in [-0.3, -0.25) is 10.1 Å². The van der Waals surface area contributed by atoms with Gasteiger partial charge in [0.25, 0.3) is 5.69 Å². The van der Waals surface area contributed by atoms with E-state index in [2.05, 4.69) is 0 Å². The highest BCUT2D eigenvalue weighted by molar-refractivity contribution is 6.30. The lowest BCUT2D eigenvalue weighted by atomic mass is 10.1. The minimum absolute atomic E-state index is 0.0487. The third kappa shape index (κ3) is 2.20. The second-order valence-electron chi connectivity index (χ2n) is 2.80. The van der Waals surface area contributed by atoms with Crippen molar-refractivity contribution in [2.24, 2.45) is 11.5 Å². The molecule has 0 bridgehead atoms. The van der Waals surface area contributed by atoms with Gasteiger partial charge >= 0.3 is 0 Å². The molecule has 6 heteroatoms. The summed E-state index contributed by atoms with van der Waals surface area (Å²) in [5.41, 5.74) is 11.3. The van der Waals surface area contributed by atoms with Gasteiger partial charge in [0.2, 0.25) is 0 Å². The standard InChI is InChI=1S/C8H10ClN3O2/c9-5-1-2-8(12(13)14)6(3-5)7(11)4-10/h1-3,7H,4,10-11H2/t7-/m1/s1. The van der Waals surface area contributed by atoms with Gasteiger partial charge in [0.05, 0.1) is 4.92 Å². The number of rotatable bonds is 3. The maximum absolute atomic E-state index is 10.6. The topological polar surface area (TPSA) is 95.2 Å². The lowest BCUT2D eigenvalue weighted by molar-refractivity contribution is -0.385. The first-order valence-electron chi connectivity index (χ1n) is 3.95. The molecule has 5 nitrogen and oxygen atoms in total. The van der Waals surface area contributed by atoms with E-state index in [-0.39, 0.29) is 12.2 Å². The average molecular weight is 216 g/mol. The highest BCUT2D eigenvalue weighted by Crippen LogP contribution is 2.26. The normalized spacial score (nSPS) is 12.5. The molecule has 0 aliphatic heterocycles. The van der Waals surface area contributed by atoms with Gasteiger partial charge in [0.1, 0.15) is 0 Å². The van der Waals surface area contributed by atoms with Crippen LogP contribution in [0.15, 0.2) is 18.2 Å². The van der Waals surface area contributed by atoms with Gasteiger partial charge < -0.3 is 11.5 Å². The van der Waals surface area contributed by atoms with Crippen LogP contribution in [0.4, 0.5) is 5.69 Å². The summed E-state index contributed by atoms with van der Waals surface area (Å²) in [6, 6.07) is 3.69. The molecule has 0 aliphatic rings. The van der Waals surface area contributed by atoms with Crippen molar-refractivity contribution in [2.75, 3.05) is 6.54 Å². The third-order valence-corrected chi connectivity index (χ3v) is 2.07. The second kappa shape index (κ2) is 4.36. The van der Waals surface area contributed by atoms with Gasteiger partial charge in [-0.05, 0) is 12.1 Å². The van der Waals surface area contributed by atoms with Crippen LogP contribution in [0.25, 0.3) is 0 Å². The molecule has 0 aliphatic carbocycles. The highest BCUT2D eigenvalue weighted by Gasteiger charge is 2.18. The van der Waals surface area contributed by atoms with Crippen molar-refractivity contribution in [1.82, 2.24) is 0 Å². The van der Waals surface area contributed by atoms with Crippen molar-refractivity contribution in [3.63, 3.8) is 0 Å². The lowest BCUT2D eigenvalue weighted by Gasteiger charge is -2.09. The maximum Gasteiger partial charge on any atom is 0.274 e. The predicted octanol–water partition coefficient (Wildman–Crippen LogP) is 1.21. The van der Waals surface area contributed by atoms with Crippen molar-refractivity contribution in [3.05, 3.63) is 38.9 Å². The quantitative estimate of drug-likeness (QED) is 0.585. The summed E-state index contributed by atoms with van der Waals surface area (Å²) in [6.45, 7) is 0.140. The van der Waals surface area contributed by atoms with Gasteiger partial charge in [0, 0.05) is 29.2 Å². The molecule has 1 atom stereocenters. The SMILES string of the molecule is NC[C@@H](N)c1cc(Cl)ccc1[N+](=O)[O-]. The molecule has 0 heterocycles. The molecule has 0 unspecified atom stereocenters. The molecule has 1 aromatic rings. The van der Waals surface area contributed by atoms with E-state index in [0.29, 0.717) is 10.6 Å². The number of benzene rings is 1. The Bertz CT molecular complexity index is 356. The van der Waals surface area contributed by atoms with Crippen LogP contribution < -0.4 is 11.5 Å². The molecular formula is C8H10ClN3O2. The zero-order valence-electron chi connectivity index (χ0n) is 7.31. The van der Waals surface area contributed by atoms with E-state index in [9.17, 15) is 10.1 Å². The minimum Gasteiger partial charge on any atom is -0.329 e. The van der Waals surface area contributed by atoms with Crippen LogP contribution in [-0.2, 0) is 0 Å². The summed E-state index contributed by atoms with van der Waals surface area (Å²) in [6.07, 6.45) is 0. The zero-order valence-corrected chi connectivity index (χ0v) is 8.07. The predicted molar refractivity (Wildman–Crippen MR) is 54.1 cm³/mol. The fourth-order valence-electron chi connectivity index (χ4n) is 1.12. The van der Waals surface area contributed by atoms with Gasteiger partial charge in [0.15, 0.2) is 0 Å². The molecule has 14 heavy (non-hydrogen) atoms. The first-order chi connectivity index (χ1) is 6.56. The van der Waals surface area contributed by atoms with Crippen molar-refractivity contribution in [2.45, 2.75) is 6.04 Å². The van der Waals surface area contributed by atoms with E-state index < -0.39 is 11.0 Å². The number of halogens is 1. The largest absolute Gasteiger partial charge is 0.329 e. The van der Waals surface area contributed by atoms with Crippen LogP contribution in [0.3, 0.4) is 0 Å². The van der Waals surface area contributed by atoms with Gasteiger partial charge in [-0.15, -0.1) is 0 Å². The van der Waals surface area contributed by atoms with Crippen molar-refractivity contribution in [3.8, 4) is 0 Å². The van der Waals surface area contributed by atoms with Crippen molar-refractivity contribution >= 4 is 17.3 Å². The Morgan fingerprint density at radius 3 is 2.71 bits per heavy atom. The van der Waals surface area contributed by atoms with E-state index >= 15 is 0 Å². The summed E-state index contributed by atoms with van der Waals surface area (Å²) in [4.78, 5) is 10.1. The van der Waals surface area contributed by atoms with Crippen molar-refractivity contribution in [1.29, 1.82) is 0 Å². The fourth-order valence-corrected chi connectivity index (χ4v) is 1.30.